The van der Waals surface area contributed by atoms with E-state index in [1.165, 1.54) is 30.3 Å². The molecule has 1 amide bonds. The van der Waals surface area contributed by atoms with Gasteiger partial charge in [0.2, 0.25) is 5.91 Å². The molecule has 24 heavy (non-hydrogen) atoms. The van der Waals surface area contributed by atoms with E-state index in [1.54, 1.807) is 17.0 Å². The highest BCUT2D eigenvalue weighted by atomic mass is 35.5. The number of carbonyl (C=O) groups is 1. The van der Waals surface area contributed by atoms with Crippen LogP contribution in [0.4, 0.5) is 11.4 Å². The lowest BCUT2D eigenvalue weighted by atomic mass is 10.3. The summed E-state index contributed by atoms with van der Waals surface area (Å²) >= 11 is 11.8. The molecule has 2 aromatic carbocycles. The summed E-state index contributed by atoms with van der Waals surface area (Å²) in [6.07, 6.45) is 1.34. The largest absolute Gasteiger partial charge is 0.312 e. The summed E-state index contributed by atoms with van der Waals surface area (Å²) in [6, 6.07) is 10.7. The maximum absolute atomic E-state index is 12.4. The minimum atomic E-state index is -3.77. The number of rotatable bonds is 4. The zero-order valence-electron chi connectivity index (χ0n) is 12.5. The van der Waals surface area contributed by atoms with Gasteiger partial charge in [-0.2, -0.15) is 0 Å². The first-order valence-electron chi connectivity index (χ1n) is 7.24. The zero-order chi connectivity index (χ0) is 17.3. The SMILES string of the molecule is O=C1CCCN1c1ccc(S(=O)(=O)Nc2cc(Cl)cc(Cl)c2)cc1. The van der Waals surface area contributed by atoms with Crippen molar-refractivity contribution in [2.45, 2.75) is 17.7 Å². The van der Waals surface area contributed by atoms with Crippen LogP contribution >= 0.6 is 23.2 Å². The van der Waals surface area contributed by atoms with Crippen molar-refractivity contribution in [3.8, 4) is 0 Å². The van der Waals surface area contributed by atoms with E-state index >= 15 is 0 Å². The number of anilines is 2. The van der Waals surface area contributed by atoms with Crippen LogP contribution in [0.15, 0.2) is 47.4 Å². The van der Waals surface area contributed by atoms with Crippen LogP contribution in [-0.2, 0) is 14.8 Å². The Balaban J connectivity index is 1.83. The molecule has 0 radical (unpaired) electrons. The Labute approximate surface area is 150 Å². The number of hydrogen-bond acceptors (Lipinski definition) is 3. The molecule has 0 aliphatic carbocycles. The average molecular weight is 385 g/mol. The predicted molar refractivity (Wildman–Crippen MR) is 95.3 cm³/mol. The second-order valence-corrected chi connectivity index (χ2v) is 7.96. The minimum absolute atomic E-state index is 0.0531. The second-order valence-electron chi connectivity index (χ2n) is 5.41. The maximum atomic E-state index is 12.4. The lowest BCUT2D eigenvalue weighted by molar-refractivity contribution is -0.117. The lowest BCUT2D eigenvalue weighted by Crippen LogP contribution is -2.23. The van der Waals surface area contributed by atoms with E-state index in [0.29, 0.717) is 28.7 Å². The molecule has 2 aromatic rings. The Bertz CT molecular complexity index is 862. The number of benzene rings is 2. The third-order valence-corrected chi connectivity index (χ3v) is 5.48. The normalized spacial score (nSPS) is 14.9. The third kappa shape index (κ3) is 3.66. The van der Waals surface area contributed by atoms with Crippen molar-refractivity contribution in [1.29, 1.82) is 0 Å². The van der Waals surface area contributed by atoms with Crippen LogP contribution in [0.5, 0.6) is 0 Å². The highest BCUT2D eigenvalue weighted by Crippen LogP contribution is 2.26. The van der Waals surface area contributed by atoms with Gasteiger partial charge >= 0.3 is 0 Å². The quantitative estimate of drug-likeness (QED) is 0.868. The fraction of sp³-hybridized carbons (Fsp3) is 0.188. The van der Waals surface area contributed by atoms with Crippen molar-refractivity contribution >= 4 is 50.5 Å². The summed E-state index contributed by atoms with van der Waals surface area (Å²) in [5, 5.41) is 0.672. The van der Waals surface area contributed by atoms with Gasteiger partial charge in [-0.1, -0.05) is 23.2 Å². The molecule has 0 bridgehead atoms. The molecule has 1 heterocycles. The number of carbonyl (C=O) groups excluding carboxylic acids is 1. The van der Waals surface area contributed by atoms with Crippen LogP contribution in [-0.4, -0.2) is 20.9 Å². The van der Waals surface area contributed by atoms with Gasteiger partial charge in [-0.05, 0) is 48.9 Å². The summed E-state index contributed by atoms with van der Waals surface area (Å²) in [5.74, 6) is 0.0531. The second kappa shape index (κ2) is 6.63. The molecule has 1 aliphatic heterocycles. The fourth-order valence-electron chi connectivity index (χ4n) is 2.55. The molecule has 0 atom stereocenters. The first-order valence-corrected chi connectivity index (χ1v) is 9.48. The highest BCUT2D eigenvalue weighted by Gasteiger charge is 2.22. The number of hydrogen-bond donors (Lipinski definition) is 1. The van der Waals surface area contributed by atoms with Crippen molar-refractivity contribution in [1.82, 2.24) is 0 Å². The van der Waals surface area contributed by atoms with Gasteiger partial charge in [-0.15, -0.1) is 0 Å². The van der Waals surface area contributed by atoms with Gasteiger partial charge < -0.3 is 4.90 Å². The van der Waals surface area contributed by atoms with Gasteiger partial charge in [0.15, 0.2) is 0 Å². The molecule has 5 nitrogen and oxygen atoms in total. The Kier molecular flexibility index (Phi) is 4.71. The molecule has 3 rings (SSSR count). The smallest absolute Gasteiger partial charge is 0.261 e. The highest BCUT2D eigenvalue weighted by molar-refractivity contribution is 7.92. The minimum Gasteiger partial charge on any atom is -0.312 e. The lowest BCUT2D eigenvalue weighted by Gasteiger charge is -2.16. The summed E-state index contributed by atoms with van der Waals surface area (Å²) in [6.45, 7) is 0.657. The standard InChI is InChI=1S/C16H14Cl2N2O3S/c17-11-8-12(18)10-13(9-11)19-24(22,23)15-5-3-14(4-6-15)20-7-1-2-16(20)21/h3-6,8-10,19H,1-2,7H2. The van der Waals surface area contributed by atoms with Gasteiger partial charge in [0.1, 0.15) is 0 Å². The van der Waals surface area contributed by atoms with E-state index in [4.69, 9.17) is 23.2 Å². The third-order valence-electron chi connectivity index (χ3n) is 3.65. The number of nitrogens with one attached hydrogen (secondary N) is 1. The van der Waals surface area contributed by atoms with Gasteiger partial charge in [0.05, 0.1) is 10.6 Å². The molecule has 0 spiro atoms. The van der Waals surface area contributed by atoms with Crippen molar-refractivity contribution < 1.29 is 13.2 Å². The summed E-state index contributed by atoms with van der Waals surface area (Å²) < 4.78 is 27.3. The summed E-state index contributed by atoms with van der Waals surface area (Å²) in [4.78, 5) is 13.5. The Hall–Kier alpha value is -1.76. The molecule has 0 aromatic heterocycles. The molecule has 8 heteroatoms. The van der Waals surface area contributed by atoms with E-state index in [9.17, 15) is 13.2 Å². The van der Waals surface area contributed by atoms with Crippen molar-refractivity contribution in [3.63, 3.8) is 0 Å². The predicted octanol–water partition coefficient (Wildman–Crippen LogP) is 3.92. The van der Waals surface area contributed by atoms with E-state index in [2.05, 4.69) is 4.72 Å². The summed E-state index contributed by atoms with van der Waals surface area (Å²) in [5.41, 5.74) is 0.980. The van der Waals surface area contributed by atoms with Crippen LogP contribution in [0.3, 0.4) is 0 Å². The monoisotopic (exact) mass is 384 g/mol. The first kappa shape index (κ1) is 17.1. The van der Waals surface area contributed by atoms with Gasteiger partial charge in [0.25, 0.3) is 10.0 Å². The molecule has 126 valence electrons. The molecule has 0 saturated carbocycles. The first-order chi connectivity index (χ1) is 11.3. The van der Waals surface area contributed by atoms with Gasteiger partial charge in [0, 0.05) is 28.7 Å². The zero-order valence-corrected chi connectivity index (χ0v) is 14.8. The Morgan fingerprint density at radius 2 is 1.62 bits per heavy atom. The molecule has 0 unspecified atom stereocenters. The van der Waals surface area contributed by atoms with Crippen molar-refractivity contribution in [2.75, 3.05) is 16.2 Å². The number of sulfonamides is 1. The van der Waals surface area contributed by atoms with Crippen LogP contribution in [0, 0.1) is 0 Å². The molecule has 1 fully saturated rings. The Morgan fingerprint density at radius 1 is 1.00 bits per heavy atom. The van der Waals surface area contributed by atoms with E-state index in [0.717, 1.165) is 6.42 Å². The average Bonchev–Trinajstić information content (AvgIpc) is 2.92. The number of halogens is 2. The molecule has 1 aliphatic rings. The van der Waals surface area contributed by atoms with Crippen LogP contribution < -0.4 is 9.62 Å². The van der Waals surface area contributed by atoms with E-state index < -0.39 is 10.0 Å². The molecular formula is C16H14Cl2N2O3S. The van der Waals surface area contributed by atoms with Crippen molar-refractivity contribution in [2.24, 2.45) is 0 Å². The number of amides is 1. The topological polar surface area (TPSA) is 66.5 Å². The summed E-state index contributed by atoms with van der Waals surface area (Å²) in [7, 11) is -3.77. The van der Waals surface area contributed by atoms with Crippen LogP contribution in [0.1, 0.15) is 12.8 Å². The fourth-order valence-corrected chi connectivity index (χ4v) is 4.12. The van der Waals surface area contributed by atoms with Crippen LogP contribution in [0.25, 0.3) is 0 Å². The molecule has 1 N–H and O–H groups in total. The van der Waals surface area contributed by atoms with E-state index in [-0.39, 0.29) is 16.5 Å². The Morgan fingerprint density at radius 3 is 2.17 bits per heavy atom. The number of nitrogens with zero attached hydrogens (tertiary/aromatic N) is 1. The van der Waals surface area contributed by atoms with Crippen LogP contribution in [0.2, 0.25) is 10.0 Å². The van der Waals surface area contributed by atoms with E-state index in [1.807, 2.05) is 0 Å². The van der Waals surface area contributed by atoms with Gasteiger partial charge in [-0.3, -0.25) is 9.52 Å². The van der Waals surface area contributed by atoms with Gasteiger partial charge in [-0.25, -0.2) is 8.42 Å². The molecule has 1 saturated heterocycles. The molecular weight excluding hydrogens is 371 g/mol. The van der Waals surface area contributed by atoms with Crippen molar-refractivity contribution in [3.05, 3.63) is 52.5 Å². The maximum Gasteiger partial charge on any atom is 0.261 e.